The number of nitrogens with one attached hydrogen (secondary N) is 1. The molecule has 0 radical (unpaired) electrons. The lowest BCUT2D eigenvalue weighted by Crippen LogP contribution is -2.17. The van der Waals surface area contributed by atoms with Crippen LogP contribution in [0.1, 0.15) is 6.42 Å². The fourth-order valence-corrected chi connectivity index (χ4v) is 3.40. The average molecular weight is 179 g/mol. The lowest BCUT2D eigenvalue weighted by Gasteiger charge is -1.98. The van der Waals surface area contributed by atoms with Crippen molar-refractivity contribution in [1.29, 1.82) is 0 Å². The molecule has 1 aliphatic heterocycles. The fourth-order valence-electron chi connectivity index (χ4n) is 0.692. The van der Waals surface area contributed by atoms with Crippen molar-refractivity contribution in [3.05, 3.63) is 0 Å². The largest absolute Gasteiger partial charge is 0.346 e. The van der Waals surface area contributed by atoms with E-state index in [1.807, 2.05) is 0 Å². The number of hydrogen-bond donors (Lipinski definition) is 1. The first-order chi connectivity index (χ1) is 4.60. The SMILES string of the molecule is C=S1(=O)CCCNC(=O)S1. The third kappa shape index (κ3) is 2.22. The lowest BCUT2D eigenvalue weighted by molar-refractivity contribution is 0.261. The lowest BCUT2D eigenvalue weighted by atomic mass is 10.5. The van der Waals surface area contributed by atoms with Gasteiger partial charge in [0.05, 0.1) is 0 Å². The quantitative estimate of drug-likeness (QED) is 0.434. The molecule has 1 aliphatic rings. The number of amides is 1. The maximum absolute atomic E-state index is 11.2. The van der Waals surface area contributed by atoms with Gasteiger partial charge in [-0.2, -0.15) is 0 Å². The maximum atomic E-state index is 11.2. The van der Waals surface area contributed by atoms with Gasteiger partial charge < -0.3 is 5.32 Å². The number of carbonyl (C=O) groups is 1. The van der Waals surface area contributed by atoms with E-state index in [0.29, 0.717) is 12.3 Å². The van der Waals surface area contributed by atoms with Crippen LogP contribution in [0.4, 0.5) is 4.79 Å². The summed E-state index contributed by atoms with van der Waals surface area (Å²) in [6, 6.07) is 0. The average Bonchev–Trinajstić information content (AvgIpc) is 1.90. The Labute approximate surface area is 64.0 Å². The number of carbonyl (C=O) groups excluding carboxylic acids is 1. The first-order valence-corrected chi connectivity index (χ1v) is 6.15. The van der Waals surface area contributed by atoms with E-state index in [9.17, 15) is 9.00 Å². The minimum atomic E-state index is -2.16. The Morgan fingerprint density at radius 1 is 1.70 bits per heavy atom. The zero-order valence-electron chi connectivity index (χ0n) is 5.46. The molecule has 1 heterocycles. The summed E-state index contributed by atoms with van der Waals surface area (Å²) < 4.78 is 11.2. The summed E-state index contributed by atoms with van der Waals surface area (Å²) in [6.07, 6.45) is 0.765. The summed E-state index contributed by atoms with van der Waals surface area (Å²) in [6.45, 7) is 0.623. The van der Waals surface area contributed by atoms with E-state index >= 15 is 0 Å². The molecule has 58 valence electrons. The van der Waals surface area contributed by atoms with E-state index in [1.54, 1.807) is 0 Å². The molecule has 0 spiro atoms. The van der Waals surface area contributed by atoms with Gasteiger partial charge in [0, 0.05) is 31.6 Å². The number of hydrogen-bond acceptors (Lipinski definition) is 3. The van der Waals surface area contributed by atoms with Crippen LogP contribution in [0.15, 0.2) is 0 Å². The number of rotatable bonds is 0. The van der Waals surface area contributed by atoms with Crippen molar-refractivity contribution in [3.8, 4) is 0 Å². The van der Waals surface area contributed by atoms with Crippen LogP contribution in [-0.4, -0.2) is 27.6 Å². The van der Waals surface area contributed by atoms with Crippen LogP contribution in [0.5, 0.6) is 0 Å². The Balaban J connectivity index is 2.73. The van der Waals surface area contributed by atoms with Crippen LogP contribution in [0, 0.1) is 0 Å². The highest BCUT2D eigenvalue weighted by atomic mass is 33.1. The van der Waals surface area contributed by atoms with Crippen LogP contribution >= 0.6 is 10.8 Å². The van der Waals surface area contributed by atoms with Crippen molar-refractivity contribution in [3.63, 3.8) is 0 Å². The van der Waals surface area contributed by atoms with Crippen LogP contribution < -0.4 is 5.32 Å². The maximum Gasteiger partial charge on any atom is 0.291 e. The zero-order valence-corrected chi connectivity index (χ0v) is 7.09. The Hall–Kier alpha value is -0.160. The molecule has 0 aromatic rings. The second-order valence-electron chi connectivity index (χ2n) is 2.10. The third-order valence-corrected chi connectivity index (χ3v) is 4.50. The summed E-state index contributed by atoms with van der Waals surface area (Å²) in [5.41, 5.74) is 0. The van der Waals surface area contributed by atoms with Crippen LogP contribution in [0.3, 0.4) is 0 Å². The Morgan fingerprint density at radius 2 is 2.40 bits per heavy atom. The van der Waals surface area contributed by atoms with Gasteiger partial charge in [0.2, 0.25) is 0 Å². The summed E-state index contributed by atoms with van der Waals surface area (Å²) in [4.78, 5) is 10.7. The molecule has 1 unspecified atom stereocenters. The molecule has 0 aromatic carbocycles. The van der Waals surface area contributed by atoms with Gasteiger partial charge in [-0.15, -0.1) is 0 Å². The van der Waals surface area contributed by atoms with Gasteiger partial charge in [0.15, 0.2) is 0 Å². The molecule has 1 fully saturated rings. The molecule has 1 amide bonds. The fraction of sp³-hybridized carbons (Fsp3) is 0.600. The molecule has 0 aliphatic carbocycles. The molecular weight excluding hydrogens is 170 g/mol. The second kappa shape index (κ2) is 2.84. The van der Waals surface area contributed by atoms with Crippen molar-refractivity contribution in [2.24, 2.45) is 0 Å². The van der Waals surface area contributed by atoms with Crippen LogP contribution in [-0.2, 0) is 8.55 Å². The monoisotopic (exact) mass is 179 g/mol. The highest BCUT2D eigenvalue weighted by molar-refractivity contribution is 8.80. The molecule has 1 rings (SSSR count). The molecule has 10 heavy (non-hydrogen) atoms. The molecule has 0 bridgehead atoms. The minimum absolute atomic E-state index is 0.211. The second-order valence-corrected chi connectivity index (χ2v) is 6.85. The molecule has 0 aromatic heterocycles. The predicted octanol–water partition coefficient (Wildman–Crippen LogP) is 0.464. The zero-order chi connectivity index (χ0) is 7.61. The van der Waals surface area contributed by atoms with E-state index in [2.05, 4.69) is 11.2 Å². The Kier molecular flexibility index (Phi) is 2.25. The van der Waals surface area contributed by atoms with Crippen LogP contribution in [0.25, 0.3) is 0 Å². The Morgan fingerprint density at radius 3 is 3.10 bits per heavy atom. The molecule has 3 nitrogen and oxygen atoms in total. The molecule has 1 atom stereocenters. The third-order valence-electron chi connectivity index (χ3n) is 1.13. The van der Waals surface area contributed by atoms with E-state index in [1.165, 1.54) is 0 Å². The highest BCUT2D eigenvalue weighted by Gasteiger charge is 2.15. The van der Waals surface area contributed by atoms with Gasteiger partial charge in [0.25, 0.3) is 5.24 Å². The summed E-state index contributed by atoms with van der Waals surface area (Å²) in [5, 5.41) is 2.39. The summed E-state index contributed by atoms with van der Waals surface area (Å²) in [7, 11) is -1.33. The molecular formula is C5H9NO2S2. The predicted molar refractivity (Wildman–Crippen MR) is 45.7 cm³/mol. The van der Waals surface area contributed by atoms with Crippen LogP contribution in [0.2, 0.25) is 0 Å². The molecule has 1 saturated heterocycles. The molecule has 0 saturated carbocycles. The van der Waals surface area contributed by atoms with E-state index in [-0.39, 0.29) is 5.24 Å². The highest BCUT2D eigenvalue weighted by Crippen LogP contribution is 2.16. The first kappa shape index (κ1) is 7.94. The van der Waals surface area contributed by atoms with Crippen molar-refractivity contribution >= 4 is 30.5 Å². The first-order valence-electron chi connectivity index (χ1n) is 2.92. The van der Waals surface area contributed by atoms with Crippen molar-refractivity contribution in [1.82, 2.24) is 5.32 Å². The van der Waals surface area contributed by atoms with E-state index in [4.69, 9.17) is 0 Å². The van der Waals surface area contributed by atoms with Gasteiger partial charge in [-0.1, -0.05) is 0 Å². The van der Waals surface area contributed by atoms with Crippen molar-refractivity contribution < 1.29 is 9.00 Å². The topological polar surface area (TPSA) is 46.2 Å². The summed E-state index contributed by atoms with van der Waals surface area (Å²) >= 11 is 0. The van der Waals surface area contributed by atoms with Gasteiger partial charge in [0.1, 0.15) is 0 Å². The standard InChI is InChI=1S/C5H9NO2S2/c1-10(8)4-2-3-6-5(7)9-10/h1-4H2,(H,6,7). The van der Waals surface area contributed by atoms with E-state index < -0.39 is 8.55 Å². The smallest absolute Gasteiger partial charge is 0.291 e. The Bertz CT molecular complexity index is 232. The molecule has 1 N–H and O–H groups in total. The van der Waals surface area contributed by atoms with Gasteiger partial charge >= 0.3 is 0 Å². The van der Waals surface area contributed by atoms with Gasteiger partial charge in [-0.25, -0.2) is 0 Å². The normalized spacial score (nSPS) is 34.6. The molecule has 5 heteroatoms. The van der Waals surface area contributed by atoms with E-state index in [0.717, 1.165) is 17.2 Å². The minimum Gasteiger partial charge on any atom is -0.346 e. The van der Waals surface area contributed by atoms with Crippen molar-refractivity contribution in [2.45, 2.75) is 6.42 Å². The van der Waals surface area contributed by atoms with Crippen molar-refractivity contribution in [2.75, 3.05) is 12.3 Å². The van der Waals surface area contributed by atoms with Gasteiger partial charge in [-0.05, 0) is 12.3 Å². The summed E-state index contributed by atoms with van der Waals surface area (Å²) in [5.74, 6) is 4.01. The van der Waals surface area contributed by atoms with Gasteiger partial charge in [-0.3, -0.25) is 9.00 Å².